The Balaban J connectivity index is 1.81. The highest BCUT2D eigenvalue weighted by Crippen LogP contribution is 2.30. The number of fused-ring (bicyclic) bond motifs is 1. The van der Waals surface area contributed by atoms with E-state index < -0.39 is 0 Å². The molecule has 1 saturated heterocycles. The van der Waals surface area contributed by atoms with E-state index in [0.29, 0.717) is 13.1 Å². The first-order chi connectivity index (χ1) is 12.8. The van der Waals surface area contributed by atoms with Crippen molar-refractivity contribution in [1.29, 1.82) is 0 Å². The maximum Gasteiger partial charge on any atom is 0.166 e. The number of aliphatic hydroxyl groups excluding tert-OH is 1. The Bertz CT molecular complexity index is 961. The zero-order chi connectivity index (χ0) is 19.2. The Morgan fingerprint density at radius 1 is 1.19 bits per heavy atom. The number of anilines is 1. The normalized spacial score (nSPS) is 17.8. The van der Waals surface area contributed by atoms with Crippen LogP contribution in [0.2, 0.25) is 5.02 Å². The van der Waals surface area contributed by atoms with Gasteiger partial charge in [-0.05, 0) is 24.1 Å². The summed E-state index contributed by atoms with van der Waals surface area (Å²) in [6.45, 7) is 8.35. The molecule has 2 aromatic heterocycles. The number of benzene rings is 1. The van der Waals surface area contributed by atoms with E-state index in [1.165, 1.54) is 0 Å². The minimum absolute atomic E-state index is 0.184. The molecule has 0 radical (unpaired) electrons. The zero-order valence-electron chi connectivity index (χ0n) is 15.9. The highest BCUT2D eigenvalue weighted by atomic mass is 35.5. The lowest BCUT2D eigenvalue weighted by Crippen LogP contribution is -2.25. The first-order valence-electron chi connectivity index (χ1n) is 9.22. The molecule has 0 unspecified atom stereocenters. The predicted octanol–water partition coefficient (Wildman–Crippen LogP) is 3.40. The van der Waals surface area contributed by atoms with Gasteiger partial charge in [0.05, 0.1) is 19.0 Å². The van der Waals surface area contributed by atoms with Gasteiger partial charge in [-0.2, -0.15) is 0 Å². The summed E-state index contributed by atoms with van der Waals surface area (Å²) in [5.74, 6) is 1.60. The number of aromatic nitrogens is 4. The van der Waals surface area contributed by atoms with Crippen LogP contribution in [-0.2, 0) is 12.0 Å². The van der Waals surface area contributed by atoms with Gasteiger partial charge in [-0.15, -0.1) is 0 Å². The minimum Gasteiger partial charge on any atom is -0.391 e. The van der Waals surface area contributed by atoms with E-state index in [9.17, 15) is 5.11 Å². The van der Waals surface area contributed by atoms with Crippen molar-refractivity contribution in [2.24, 2.45) is 0 Å². The van der Waals surface area contributed by atoms with Gasteiger partial charge in [0.2, 0.25) is 0 Å². The van der Waals surface area contributed by atoms with Gasteiger partial charge in [-0.25, -0.2) is 15.0 Å². The van der Waals surface area contributed by atoms with Crippen molar-refractivity contribution in [3.05, 3.63) is 47.0 Å². The Hall–Kier alpha value is -2.18. The molecule has 6 nitrogen and oxygen atoms in total. The number of imidazole rings is 1. The van der Waals surface area contributed by atoms with E-state index >= 15 is 0 Å². The molecule has 4 rings (SSSR count). The smallest absolute Gasteiger partial charge is 0.166 e. The molecule has 1 atom stereocenters. The van der Waals surface area contributed by atoms with Gasteiger partial charge in [-0.1, -0.05) is 44.5 Å². The monoisotopic (exact) mass is 385 g/mol. The van der Waals surface area contributed by atoms with Gasteiger partial charge < -0.3 is 14.6 Å². The lowest BCUT2D eigenvalue weighted by Gasteiger charge is -2.22. The fourth-order valence-corrected chi connectivity index (χ4v) is 3.45. The fraction of sp³-hybridized carbons (Fsp3) is 0.450. The molecule has 0 aliphatic carbocycles. The van der Waals surface area contributed by atoms with Gasteiger partial charge >= 0.3 is 0 Å². The Morgan fingerprint density at radius 3 is 2.56 bits per heavy atom. The lowest BCUT2D eigenvalue weighted by atomic mass is 9.96. The predicted molar refractivity (Wildman–Crippen MR) is 107 cm³/mol. The summed E-state index contributed by atoms with van der Waals surface area (Å²) in [6, 6.07) is 7.81. The summed E-state index contributed by atoms with van der Waals surface area (Å²) in [5.41, 5.74) is 2.55. The number of hydrogen-bond acceptors (Lipinski definition) is 5. The van der Waals surface area contributed by atoms with Crippen molar-refractivity contribution >= 4 is 28.6 Å². The van der Waals surface area contributed by atoms with Crippen LogP contribution in [0, 0.1) is 0 Å². The topological polar surface area (TPSA) is 67.1 Å². The van der Waals surface area contributed by atoms with Crippen molar-refractivity contribution in [1.82, 2.24) is 19.5 Å². The maximum absolute atomic E-state index is 9.96. The summed E-state index contributed by atoms with van der Waals surface area (Å²) in [4.78, 5) is 16.4. The molecular formula is C20H24ClN5O. The van der Waals surface area contributed by atoms with Crippen molar-refractivity contribution in [2.45, 2.75) is 45.3 Å². The summed E-state index contributed by atoms with van der Waals surface area (Å²) in [5, 5.41) is 10.7. The van der Waals surface area contributed by atoms with E-state index in [1.54, 1.807) is 0 Å². The second-order valence-electron chi connectivity index (χ2n) is 8.18. The third kappa shape index (κ3) is 3.64. The van der Waals surface area contributed by atoms with Crippen LogP contribution in [0.4, 0.5) is 5.82 Å². The number of nitrogens with zero attached hydrogens (tertiary/aromatic N) is 5. The highest BCUT2D eigenvalue weighted by Gasteiger charge is 2.28. The van der Waals surface area contributed by atoms with Crippen molar-refractivity contribution < 1.29 is 5.11 Å². The van der Waals surface area contributed by atoms with Crippen LogP contribution in [0.5, 0.6) is 0 Å². The van der Waals surface area contributed by atoms with Gasteiger partial charge in [0.1, 0.15) is 5.82 Å². The molecule has 1 N–H and O–H groups in total. The highest BCUT2D eigenvalue weighted by molar-refractivity contribution is 6.30. The number of β-amino-alcohol motifs (C(OH)–C–C–N with tert-alkyl or cyclic N) is 1. The van der Waals surface area contributed by atoms with Crippen LogP contribution in [0.15, 0.2) is 30.6 Å². The first kappa shape index (κ1) is 18.2. The van der Waals surface area contributed by atoms with Gasteiger partial charge in [0.25, 0.3) is 0 Å². The van der Waals surface area contributed by atoms with E-state index in [2.05, 4.69) is 30.7 Å². The van der Waals surface area contributed by atoms with E-state index in [1.807, 2.05) is 35.2 Å². The van der Waals surface area contributed by atoms with Crippen LogP contribution in [0.25, 0.3) is 11.2 Å². The van der Waals surface area contributed by atoms with Crippen molar-refractivity contribution in [3.63, 3.8) is 0 Å². The van der Waals surface area contributed by atoms with Gasteiger partial charge in [0.15, 0.2) is 17.0 Å². The molecule has 27 heavy (non-hydrogen) atoms. The number of halogens is 1. The molecule has 0 bridgehead atoms. The Kier molecular flexibility index (Phi) is 4.56. The molecule has 1 fully saturated rings. The fourth-order valence-electron chi connectivity index (χ4n) is 3.32. The standard InChI is InChI=1S/C20H24ClN5O/c1-20(2,3)19-23-17(25-9-8-15(27)11-25)16-18(24-19)26(12-22-16)10-13-4-6-14(21)7-5-13/h4-7,12,15,27H,8-11H2,1-3H3/t15-/m0/s1. The molecule has 3 aromatic rings. The number of aliphatic hydroxyl groups is 1. The van der Waals surface area contributed by atoms with E-state index in [4.69, 9.17) is 21.6 Å². The third-order valence-corrected chi connectivity index (χ3v) is 5.10. The second-order valence-corrected chi connectivity index (χ2v) is 8.62. The molecule has 3 heterocycles. The van der Waals surface area contributed by atoms with Crippen LogP contribution < -0.4 is 4.90 Å². The molecule has 1 aliphatic rings. The molecular weight excluding hydrogens is 362 g/mol. The molecule has 7 heteroatoms. The molecule has 1 aromatic carbocycles. The summed E-state index contributed by atoms with van der Waals surface area (Å²) >= 11 is 6.00. The number of rotatable bonds is 3. The van der Waals surface area contributed by atoms with Gasteiger partial charge in [-0.3, -0.25) is 0 Å². The average Bonchev–Trinajstić information content (AvgIpc) is 3.22. The number of hydrogen-bond donors (Lipinski definition) is 1. The average molecular weight is 386 g/mol. The zero-order valence-corrected chi connectivity index (χ0v) is 16.6. The van der Waals surface area contributed by atoms with Crippen LogP contribution in [0.3, 0.4) is 0 Å². The maximum atomic E-state index is 9.96. The van der Waals surface area contributed by atoms with Crippen molar-refractivity contribution in [3.8, 4) is 0 Å². The molecule has 0 spiro atoms. The molecule has 142 valence electrons. The Labute approximate surface area is 163 Å². The van der Waals surface area contributed by atoms with Crippen molar-refractivity contribution in [2.75, 3.05) is 18.0 Å². The van der Waals surface area contributed by atoms with Crippen LogP contribution in [0.1, 0.15) is 38.6 Å². The van der Waals surface area contributed by atoms with Crippen LogP contribution in [-0.4, -0.2) is 43.8 Å². The first-order valence-corrected chi connectivity index (χ1v) is 9.60. The molecule has 0 saturated carbocycles. The minimum atomic E-state index is -0.316. The quantitative estimate of drug-likeness (QED) is 0.748. The Morgan fingerprint density at radius 2 is 1.93 bits per heavy atom. The summed E-state index contributed by atoms with van der Waals surface area (Å²) in [7, 11) is 0. The molecule has 0 amide bonds. The third-order valence-electron chi connectivity index (χ3n) is 4.85. The SMILES string of the molecule is CC(C)(C)c1nc(N2CC[C@H](O)C2)c2ncn(Cc3ccc(Cl)cc3)c2n1. The largest absolute Gasteiger partial charge is 0.391 e. The second kappa shape index (κ2) is 6.77. The molecule has 1 aliphatic heterocycles. The van der Waals surface area contributed by atoms with Crippen LogP contribution >= 0.6 is 11.6 Å². The van der Waals surface area contributed by atoms with E-state index in [-0.39, 0.29) is 11.5 Å². The summed E-state index contributed by atoms with van der Waals surface area (Å²) < 4.78 is 2.05. The van der Waals surface area contributed by atoms with Gasteiger partial charge in [0, 0.05) is 23.5 Å². The lowest BCUT2D eigenvalue weighted by molar-refractivity contribution is 0.198. The van der Waals surface area contributed by atoms with E-state index in [0.717, 1.165) is 46.4 Å². The summed E-state index contributed by atoms with van der Waals surface area (Å²) in [6.07, 6.45) is 2.25.